The van der Waals surface area contributed by atoms with Gasteiger partial charge in [-0.2, -0.15) is 5.10 Å². The Bertz CT molecular complexity index is 490. The van der Waals surface area contributed by atoms with Crippen LogP contribution in [0.4, 0.5) is 0 Å². The normalized spacial score (nSPS) is 18.5. The molecule has 0 atom stereocenters. The van der Waals surface area contributed by atoms with Crippen LogP contribution in [0.25, 0.3) is 0 Å². The van der Waals surface area contributed by atoms with Crippen molar-refractivity contribution in [1.82, 2.24) is 19.6 Å². The van der Waals surface area contributed by atoms with Gasteiger partial charge in [-0.1, -0.05) is 0 Å². The number of aromatic nitrogens is 2. The van der Waals surface area contributed by atoms with Crippen LogP contribution >= 0.6 is 0 Å². The van der Waals surface area contributed by atoms with Crippen molar-refractivity contribution in [2.45, 2.75) is 11.8 Å². The summed E-state index contributed by atoms with van der Waals surface area (Å²) in [6.45, 7) is 3.86. The molecule has 2 heterocycles. The highest BCUT2D eigenvalue weighted by Crippen LogP contribution is 2.12. The maximum absolute atomic E-state index is 12.1. The number of sulfonamides is 1. The van der Waals surface area contributed by atoms with Crippen LogP contribution in [0.15, 0.2) is 11.1 Å². The van der Waals surface area contributed by atoms with Gasteiger partial charge in [-0.25, -0.2) is 13.4 Å². The van der Waals surface area contributed by atoms with Crippen molar-refractivity contribution in [3.8, 4) is 0 Å². The quantitative estimate of drug-likeness (QED) is 0.774. The second-order valence-corrected chi connectivity index (χ2v) is 5.58. The average molecular weight is 260 g/mol. The lowest BCUT2D eigenvalue weighted by Crippen LogP contribution is -2.48. The molecule has 0 spiro atoms. The minimum Gasteiger partial charge on any atom is -0.379 e. The van der Waals surface area contributed by atoms with Crippen LogP contribution in [0.1, 0.15) is 5.69 Å². The third kappa shape index (κ3) is 2.83. The summed E-state index contributed by atoms with van der Waals surface area (Å²) in [5.74, 6) is 0. The zero-order valence-electron chi connectivity index (χ0n) is 9.88. The summed E-state index contributed by atoms with van der Waals surface area (Å²) < 4.78 is 30.8. The highest BCUT2D eigenvalue weighted by molar-refractivity contribution is 7.89. The van der Waals surface area contributed by atoms with E-state index in [0.717, 1.165) is 0 Å². The van der Waals surface area contributed by atoms with Crippen LogP contribution in [0.5, 0.6) is 0 Å². The second-order valence-electron chi connectivity index (χ2n) is 3.95. The molecule has 0 unspecified atom stereocenters. The number of hydrazine groups is 1. The third-order valence-corrected chi connectivity index (χ3v) is 4.00. The molecule has 1 fully saturated rings. The fourth-order valence-electron chi connectivity index (χ4n) is 1.72. The Hall–Kier alpha value is -0.960. The number of nitrogens with zero attached hydrogens (tertiary/aromatic N) is 3. The lowest BCUT2D eigenvalue weighted by Gasteiger charge is -2.26. The molecule has 8 heteroatoms. The molecule has 0 saturated carbocycles. The molecule has 0 bridgehead atoms. The van der Waals surface area contributed by atoms with Gasteiger partial charge < -0.3 is 4.74 Å². The lowest BCUT2D eigenvalue weighted by molar-refractivity contribution is 0.0272. The van der Waals surface area contributed by atoms with E-state index in [1.54, 1.807) is 19.0 Å². The van der Waals surface area contributed by atoms with Crippen molar-refractivity contribution < 1.29 is 13.2 Å². The summed E-state index contributed by atoms with van der Waals surface area (Å²) in [4.78, 5) is 2.75. The van der Waals surface area contributed by atoms with E-state index in [2.05, 4.69) is 9.93 Å². The molecule has 2 rings (SSSR count). The van der Waals surface area contributed by atoms with Crippen molar-refractivity contribution >= 4 is 10.0 Å². The van der Waals surface area contributed by atoms with E-state index in [9.17, 15) is 8.42 Å². The SMILES string of the molecule is Cc1nn(C)cc1S(=O)(=O)NN1CCOCC1. The van der Waals surface area contributed by atoms with Crippen LogP contribution in [-0.4, -0.2) is 49.5 Å². The number of rotatable bonds is 3. The summed E-state index contributed by atoms with van der Waals surface area (Å²) in [5.41, 5.74) is 0.494. The number of nitrogens with one attached hydrogen (secondary N) is 1. The Balaban J connectivity index is 2.15. The number of hydrogen-bond donors (Lipinski definition) is 1. The zero-order valence-corrected chi connectivity index (χ0v) is 10.7. The predicted molar refractivity (Wildman–Crippen MR) is 60.7 cm³/mol. The maximum atomic E-state index is 12.1. The fourth-order valence-corrected chi connectivity index (χ4v) is 3.06. The molecular formula is C9H16N4O3S. The number of aryl methyl sites for hydroxylation is 2. The van der Waals surface area contributed by atoms with Crippen LogP contribution in [0.2, 0.25) is 0 Å². The molecule has 1 aromatic heterocycles. The molecule has 96 valence electrons. The summed E-state index contributed by atoms with van der Waals surface area (Å²) in [5, 5.41) is 5.67. The molecule has 0 aliphatic carbocycles. The van der Waals surface area contributed by atoms with Gasteiger partial charge in [0.25, 0.3) is 10.0 Å². The second kappa shape index (κ2) is 4.73. The van der Waals surface area contributed by atoms with Gasteiger partial charge in [0.2, 0.25) is 0 Å². The molecule has 1 aliphatic rings. The monoisotopic (exact) mass is 260 g/mol. The van der Waals surface area contributed by atoms with Crippen molar-refractivity contribution in [1.29, 1.82) is 0 Å². The molecule has 17 heavy (non-hydrogen) atoms. The van der Waals surface area contributed by atoms with Gasteiger partial charge in [0.15, 0.2) is 0 Å². The molecule has 1 saturated heterocycles. The molecule has 1 aliphatic heterocycles. The van der Waals surface area contributed by atoms with E-state index in [4.69, 9.17) is 4.74 Å². The van der Waals surface area contributed by atoms with E-state index in [-0.39, 0.29) is 4.90 Å². The Morgan fingerprint density at radius 3 is 2.59 bits per heavy atom. The maximum Gasteiger partial charge on any atom is 0.256 e. The van der Waals surface area contributed by atoms with Crippen molar-refractivity contribution in [2.24, 2.45) is 7.05 Å². The molecule has 0 aromatic carbocycles. The molecule has 1 N–H and O–H groups in total. The van der Waals surface area contributed by atoms with E-state index in [1.165, 1.54) is 10.9 Å². The van der Waals surface area contributed by atoms with E-state index >= 15 is 0 Å². The van der Waals surface area contributed by atoms with Crippen molar-refractivity contribution in [2.75, 3.05) is 26.3 Å². The molecule has 0 amide bonds. The first kappa shape index (κ1) is 12.5. The van der Waals surface area contributed by atoms with Crippen LogP contribution in [-0.2, 0) is 21.8 Å². The Morgan fingerprint density at radius 2 is 2.06 bits per heavy atom. The van der Waals surface area contributed by atoms with Crippen molar-refractivity contribution in [3.05, 3.63) is 11.9 Å². The van der Waals surface area contributed by atoms with Crippen LogP contribution < -0.4 is 4.83 Å². The average Bonchev–Trinajstić information content (AvgIpc) is 2.59. The van der Waals surface area contributed by atoms with Crippen LogP contribution in [0.3, 0.4) is 0 Å². The van der Waals surface area contributed by atoms with E-state index in [0.29, 0.717) is 32.0 Å². The number of hydrogen-bond acceptors (Lipinski definition) is 5. The summed E-state index contributed by atoms with van der Waals surface area (Å²) in [6.07, 6.45) is 1.50. The third-order valence-electron chi connectivity index (χ3n) is 2.52. The lowest BCUT2D eigenvalue weighted by atomic mass is 10.5. The van der Waals surface area contributed by atoms with Gasteiger partial charge in [-0.05, 0) is 6.92 Å². The number of morpholine rings is 1. The van der Waals surface area contributed by atoms with E-state index < -0.39 is 10.0 Å². The highest BCUT2D eigenvalue weighted by Gasteiger charge is 2.23. The predicted octanol–water partition coefficient (Wildman–Crippen LogP) is -0.746. The largest absolute Gasteiger partial charge is 0.379 e. The van der Waals surface area contributed by atoms with Gasteiger partial charge in [-0.15, -0.1) is 4.83 Å². The fraction of sp³-hybridized carbons (Fsp3) is 0.667. The van der Waals surface area contributed by atoms with Crippen LogP contribution in [0, 0.1) is 6.92 Å². The Kier molecular flexibility index (Phi) is 3.48. The molecule has 0 radical (unpaired) electrons. The minimum atomic E-state index is -3.53. The van der Waals surface area contributed by atoms with Gasteiger partial charge in [-0.3, -0.25) is 4.68 Å². The highest BCUT2D eigenvalue weighted by atomic mass is 32.2. The Morgan fingerprint density at radius 1 is 1.41 bits per heavy atom. The minimum absolute atomic E-state index is 0.214. The first-order chi connectivity index (χ1) is 7.99. The first-order valence-electron chi connectivity index (χ1n) is 5.34. The number of ether oxygens (including phenoxy) is 1. The van der Waals surface area contributed by atoms with Crippen molar-refractivity contribution in [3.63, 3.8) is 0 Å². The summed E-state index contributed by atoms with van der Waals surface area (Å²) >= 11 is 0. The molecule has 1 aromatic rings. The topological polar surface area (TPSA) is 76.5 Å². The standard InChI is InChI=1S/C9H16N4O3S/c1-8-9(7-12(2)10-8)17(14,15)11-13-3-5-16-6-4-13/h7,11H,3-6H2,1-2H3. The summed E-state index contributed by atoms with van der Waals surface area (Å²) in [7, 11) is -1.84. The Labute approximate surface area is 100 Å². The first-order valence-corrected chi connectivity index (χ1v) is 6.83. The molecule has 7 nitrogen and oxygen atoms in total. The smallest absolute Gasteiger partial charge is 0.256 e. The zero-order chi connectivity index (χ0) is 12.5. The van der Waals surface area contributed by atoms with Gasteiger partial charge in [0, 0.05) is 26.3 Å². The van der Waals surface area contributed by atoms with E-state index in [1.807, 2.05) is 0 Å². The molecular weight excluding hydrogens is 244 g/mol. The van der Waals surface area contributed by atoms with Gasteiger partial charge in [0.1, 0.15) is 4.90 Å². The van der Waals surface area contributed by atoms with Gasteiger partial charge in [0.05, 0.1) is 18.9 Å². The van der Waals surface area contributed by atoms with Gasteiger partial charge >= 0.3 is 0 Å². The summed E-state index contributed by atoms with van der Waals surface area (Å²) in [6, 6.07) is 0.